The van der Waals surface area contributed by atoms with E-state index in [0.29, 0.717) is 18.1 Å². The van der Waals surface area contributed by atoms with Crippen molar-refractivity contribution in [1.82, 2.24) is 0 Å². The van der Waals surface area contributed by atoms with Crippen LogP contribution in [0.4, 0.5) is 13.2 Å². The molecule has 1 rings (SSSR count). The zero-order chi connectivity index (χ0) is 12.2. The molecule has 1 aliphatic heterocycles. The zero-order valence-electron chi connectivity index (χ0n) is 9.86. The fourth-order valence-electron chi connectivity index (χ4n) is 2.00. The molecule has 0 amide bonds. The first-order valence-corrected chi connectivity index (χ1v) is 6.70. The summed E-state index contributed by atoms with van der Waals surface area (Å²) in [5, 5.41) is -0.0844. The maximum atomic E-state index is 12.1. The minimum Gasteiger partial charge on any atom is -0.380 e. The molecule has 1 fully saturated rings. The molecule has 1 nitrogen and oxygen atoms in total. The standard InChI is InChI=1S/C11H19F3OSi/c1-9(8-11(12,13)14)4-6-10(16)5-2-3-7-15-10/h8H,2-7H2,1,16H3. The van der Waals surface area contributed by atoms with Crippen molar-refractivity contribution in [1.29, 1.82) is 0 Å². The molecule has 0 aromatic carbocycles. The van der Waals surface area contributed by atoms with Crippen LogP contribution in [0.25, 0.3) is 0 Å². The van der Waals surface area contributed by atoms with Gasteiger partial charge in [0, 0.05) is 28.1 Å². The molecule has 0 N–H and O–H groups in total. The van der Waals surface area contributed by atoms with Gasteiger partial charge in [0.25, 0.3) is 0 Å². The average molecular weight is 252 g/mol. The summed E-state index contributed by atoms with van der Waals surface area (Å²) in [6.07, 6.45) is 0.683. The Bertz CT molecular complexity index is 254. The molecule has 0 saturated carbocycles. The Balaban J connectivity index is 2.41. The van der Waals surface area contributed by atoms with Crippen LogP contribution in [-0.2, 0) is 4.74 Å². The van der Waals surface area contributed by atoms with Crippen LogP contribution in [0.5, 0.6) is 0 Å². The van der Waals surface area contributed by atoms with Crippen molar-refractivity contribution in [3.63, 3.8) is 0 Å². The molecule has 1 aliphatic rings. The molecule has 1 heterocycles. The van der Waals surface area contributed by atoms with Crippen LogP contribution in [0.15, 0.2) is 11.6 Å². The van der Waals surface area contributed by atoms with E-state index < -0.39 is 6.18 Å². The summed E-state index contributed by atoms with van der Waals surface area (Å²) >= 11 is 0. The van der Waals surface area contributed by atoms with Gasteiger partial charge in [-0.15, -0.1) is 0 Å². The van der Waals surface area contributed by atoms with Crippen molar-refractivity contribution in [3.8, 4) is 0 Å². The van der Waals surface area contributed by atoms with Crippen LogP contribution in [0.2, 0.25) is 0 Å². The van der Waals surface area contributed by atoms with Gasteiger partial charge in [0.15, 0.2) is 0 Å². The molecular formula is C11H19F3OSi. The summed E-state index contributed by atoms with van der Waals surface area (Å²) in [4.78, 5) is 0. The number of hydrogen-bond acceptors (Lipinski definition) is 1. The summed E-state index contributed by atoms with van der Waals surface area (Å²) in [6, 6.07) is 0. The van der Waals surface area contributed by atoms with Gasteiger partial charge in [-0.2, -0.15) is 13.2 Å². The minimum atomic E-state index is -4.18. The van der Waals surface area contributed by atoms with Gasteiger partial charge >= 0.3 is 6.18 Å². The highest BCUT2D eigenvalue weighted by Crippen LogP contribution is 2.28. The van der Waals surface area contributed by atoms with Crippen LogP contribution in [0.3, 0.4) is 0 Å². The Labute approximate surface area is 97.5 Å². The van der Waals surface area contributed by atoms with E-state index in [1.165, 1.54) is 0 Å². The van der Waals surface area contributed by atoms with Gasteiger partial charge in [0.1, 0.15) is 0 Å². The van der Waals surface area contributed by atoms with Gasteiger partial charge in [-0.05, 0) is 39.0 Å². The van der Waals surface area contributed by atoms with Gasteiger partial charge in [-0.25, -0.2) is 0 Å². The summed E-state index contributed by atoms with van der Waals surface area (Å²) in [6.45, 7) is 2.31. The average Bonchev–Trinajstić information content (AvgIpc) is 2.14. The van der Waals surface area contributed by atoms with E-state index in [2.05, 4.69) is 0 Å². The van der Waals surface area contributed by atoms with Crippen molar-refractivity contribution < 1.29 is 17.9 Å². The van der Waals surface area contributed by atoms with Crippen molar-refractivity contribution in [2.45, 2.75) is 50.4 Å². The third kappa shape index (κ3) is 5.16. The number of allylic oxidation sites excluding steroid dienone is 2. The van der Waals surface area contributed by atoms with Crippen LogP contribution in [-0.4, -0.2) is 28.2 Å². The normalized spacial score (nSPS) is 28.4. The molecule has 0 aromatic rings. The fourth-order valence-corrected chi connectivity index (χ4v) is 2.81. The van der Waals surface area contributed by atoms with E-state index >= 15 is 0 Å². The van der Waals surface area contributed by atoms with Crippen molar-refractivity contribution in [2.75, 3.05) is 6.61 Å². The maximum absolute atomic E-state index is 12.1. The first kappa shape index (κ1) is 13.8. The molecule has 0 aliphatic carbocycles. The van der Waals surface area contributed by atoms with Gasteiger partial charge in [0.2, 0.25) is 0 Å². The summed E-state index contributed by atoms with van der Waals surface area (Å²) < 4.78 is 41.9. The third-order valence-corrected chi connectivity index (χ3v) is 4.30. The lowest BCUT2D eigenvalue weighted by Gasteiger charge is -2.34. The second-order valence-corrected chi connectivity index (χ2v) is 6.61. The lowest BCUT2D eigenvalue weighted by Crippen LogP contribution is -2.36. The quantitative estimate of drug-likeness (QED) is 0.554. The molecule has 16 heavy (non-hydrogen) atoms. The Morgan fingerprint density at radius 3 is 2.62 bits per heavy atom. The Kier molecular flexibility index (Phi) is 4.61. The molecule has 0 aromatic heterocycles. The SMILES string of the molecule is CC(=CC(F)(F)F)CCC1([SiH3])CCCCO1. The number of ether oxygens (including phenoxy) is 1. The molecule has 5 heteroatoms. The predicted molar refractivity (Wildman–Crippen MR) is 61.5 cm³/mol. The highest BCUT2D eigenvalue weighted by atomic mass is 28.1. The molecule has 0 radical (unpaired) electrons. The predicted octanol–water partition coefficient (Wildman–Crippen LogP) is 2.54. The van der Waals surface area contributed by atoms with E-state index in [0.717, 1.165) is 42.5 Å². The lowest BCUT2D eigenvalue weighted by atomic mass is 10.0. The van der Waals surface area contributed by atoms with E-state index in [-0.39, 0.29) is 5.22 Å². The highest BCUT2D eigenvalue weighted by Gasteiger charge is 2.28. The van der Waals surface area contributed by atoms with Gasteiger partial charge < -0.3 is 4.74 Å². The first-order chi connectivity index (χ1) is 7.31. The molecular weight excluding hydrogens is 233 g/mol. The van der Waals surface area contributed by atoms with Crippen molar-refractivity contribution in [3.05, 3.63) is 11.6 Å². The van der Waals surface area contributed by atoms with Crippen LogP contribution in [0, 0.1) is 0 Å². The number of halogens is 3. The number of hydrogen-bond donors (Lipinski definition) is 0. The van der Waals surface area contributed by atoms with E-state index in [1.807, 2.05) is 0 Å². The largest absolute Gasteiger partial charge is 0.409 e. The van der Waals surface area contributed by atoms with Crippen molar-refractivity contribution in [2.24, 2.45) is 0 Å². The zero-order valence-corrected chi connectivity index (χ0v) is 11.9. The summed E-state index contributed by atoms with van der Waals surface area (Å²) in [5.74, 6) is 0. The molecule has 0 bridgehead atoms. The van der Waals surface area contributed by atoms with Gasteiger partial charge in [-0.1, -0.05) is 5.57 Å². The second kappa shape index (κ2) is 5.36. The molecule has 0 spiro atoms. The van der Waals surface area contributed by atoms with Crippen LogP contribution in [0.1, 0.15) is 39.0 Å². The highest BCUT2D eigenvalue weighted by molar-refractivity contribution is 6.14. The topological polar surface area (TPSA) is 9.23 Å². The number of alkyl halides is 3. The van der Waals surface area contributed by atoms with Gasteiger partial charge in [0.05, 0.1) is 0 Å². The third-order valence-electron chi connectivity index (χ3n) is 3.01. The Morgan fingerprint density at radius 2 is 2.12 bits per heavy atom. The van der Waals surface area contributed by atoms with Crippen LogP contribution < -0.4 is 0 Å². The van der Waals surface area contributed by atoms with Crippen molar-refractivity contribution >= 4 is 10.2 Å². The van der Waals surface area contributed by atoms with E-state index in [9.17, 15) is 13.2 Å². The summed E-state index contributed by atoms with van der Waals surface area (Å²) in [5.41, 5.74) is 0.400. The first-order valence-electron chi connectivity index (χ1n) is 5.70. The molecule has 94 valence electrons. The Morgan fingerprint density at radius 1 is 1.44 bits per heavy atom. The smallest absolute Gasteiger partial charge is 0.380 e. The fraction of sp³-hybridized carbons (Fsp3) is 0.818. The molecule has 1 atom stereocenters. The van der Waals surface area contributed by atoms with E-state index in [4.69, 9.17) is 4.74 Å². The Hall–Kier alpha value is -0.293. The lowest BCUT2D eigenvalue weighted by molar-refractivity contribution is -0.0808. The summed E-state index contributed by atoms with van der Waals surface area (Å²) in [7, 11) is 0.897. The minimum absolute atomic E-state index is 0.0844. The second-order valence-electron chi connectivity index (χ2n) is 4.79. The number of rotatable bonds is 3. The maximum Gasteiger partial charge on any atom is 0.409 e. The van der Waals surface area contributed by atoms with Crippen LogP contribution >= 0.6 is 0 Å². The monoisotopic (exact) mass is 252 g/mol. The molecule has 1 unspecified atom stereocenters. The van der Waals surface area contributed by atoms with Gasteiger partial charge in [-0.3, -0.25) is 0 Å². The molecule has 1 saturated heterocycles. The van der Waals surface area contributed by atoms with E-state index in [1.54, 1.807) is 6.92 Å².